The van der Waals surface area contributed by atoms with Crippen LogP contribution in [0.4, 0.5) is 0 Å². The third-order valence-corrected chi connectivity index (χ3v) is 4.67. The van der Waals surface area contributed by atoms with Gasteiger partial charge in [-0.25, -0.2) is 0 Å². The number of nitrogens with zero attached hydrogens (tertiary/aromatic N) is 1. The van der Waals surface area contributed by atoms with Crippen LogP contribution in [0, 0.1) is 13.8 Å². The lowest BCUT2D eigenvalue weighted by atomic mass is 10.0. The number of benzene rings is 2. The minimum Gasteiger partial charge on any atom is -0.341 e. The zero-order valence-corrected chi connectivity index (χ0v) is 15.5. The highest BCUT2D eigenvalue weighted by Gasteiger charge is 2.12. The lowest BCUT2D eigenvalue weighted by Crippen LogP contribution is -2.27. The molecule has 0 fully saturated rings. The first-order valence-electron chi connectivity index (χ1n) is 8.85. The van der Waals surface area contributed by atoms with E-state index in [1.807, 2.05) is 50.2 Å². The second kappa shape index (κ2) is 7.56. The Morgan fingerprint density at radius 3 is 2.54 bits per heavy atom. The average Bonchev–Trinajstić information content (AvgIpc) is 2.61. The number of aromatic amines is 1. The molecule has 4 nitrogen and oxygen atoms in total. The molecule has 4 heteroatoms. The molecule has 0 spiro atoms. The molecule has 0 aliphatic carbocycles. The van der Waals surface area contributed by atoms with Crippen LogP contribution in [0.1, 0.15) is 28.7 Å². The van der Waals surface area contributed by atoms with Gasteiger partial charge in [-0.05, 0) is 48.9 Å². The molecule has 0 aliphatic rings. The summed E-state index contributed by atoms with van der Waals surface area (Å²) in [5.41, 5.74) is 4.73. The largest absolute Gasteiger partial charge is 0.341 e. The van der Waals surface area contributed by atoms with Crippen molar-refractivity contribution in [1.29, 1.82) is 0 Å². The molecule has 3 aromatic rings. The number of fused-ring (bicyclic) bond motifs is 1. The standard InChI is InChI=1S/C22H24N2O2/c1-15-11-16(2)21-19(12-15)13-18(22(26)23-21)9-10-20(25)24(3)14-17-7-5-4-6-8-17/h4-8,11-13H,9-10,14H2,1-3H3,(H,23,26). The molecule has 1 N–H and O–H groups in total. The highest BCUT2D eigenvalue weighted by atomic mass is 16.2. The lowest BCUT2D eigenvalue weighted by molar-refractivity contribution is -0.130. The summed E-state index contributed by atoms with van der Waals surface area (Å²) in [5.74, 6) is 0.0359. The maximum absolute atomic E-state index is 12.4. The fraction of sp³-hybridized carbons (Fsp3) is 0.273. The van der Waals surface area contributed by atoms with E-state index < -0.39 is 0 Å². The number of H-pyrrole nitrogens is 1. The van der Waals surface area contributed by atoms with E-state index in [4.69, 9.17) is 0 Å². The van der Waals surface area contributed by atoms with Gasteiger partial charge in [-0.1, -0.05) is 42.0 Å². The number of pyridine rings is 1. The van der Waals surface area contributed by atoms with Gasteiger partial charge >= 0.3 is 0 Å². The van der Waals surface area contributed by atoms with Crippen molar-refractivity contribution in [2.24, 2.45) is 0 Å². The molecule has 2 aromatic carbocycles. The van der Waals surface area contributed by atoms with Gasteiger partial charge in [-0.2, -0.15) is 0 Å². The lowest BCUT2D eigenvalue weighted by Gasteiger charge is -2.17. The van der Waals surface area contributed by atoms with Crippen LogP contribution in [0.15, 0.2) is 53.3 Å². The summed E-state index contributed by atoms with van der Waals surface area (Å²) in [4.78, 5) is 29.5. The molecular formula is C22H24N2O2. The van der Waals surface area contributed by atoms with Crippen molar-refractivity contribution in [1.82, 2.24) is 9.88 Å². The van der Waals surface area contributed by atoms with Crippen molar-refractivity contribution in [2.75, 3.05) is 7.05 Å². The number of hydrogen-bond donors (Lipinski definition) is 1. The van der Waals surface area contributed by atoms with E-state index in [1.54, 1.807) is 11.9 Å². The molecule has 0 saturated heterocycles. The number of hydrogen-bond acceptors (Lipinski definition) is 2. The number of aromatic nitrogens is 1. The van der Waals surface area contributed by atoms with Gasteiger partial charge in [0.05, 0.1) is 5.52 Å². The van der Waals surface area contributed by atoms with Crippen molar-refractivity contribution in [2.45, 2.75) is 33.2 Å². The molecule has 0 bridgehead atoms. The van der Waals surface area contributed by atoms with Gasteiger partial charge in [-0.3, -0.25) is 9.59 Å². The Kier molecular flexibility index (Phi) is 5.21. The molecular weight excluding hydrogens is 324 g/mol. The van der Waals surface area contributed by atoms with Crippen molar-refractivity contribution < 1.29 is 4.79 Å². The van der Waals surface area contributed by atoms with Gasteiger partial charge in [0.25, 0.3) is 5.56 Å². The summed E-state index contributed by atoms with van der Waals surface area (Å²) in [6, 6.07) is 15.9. The topological polar surface area (TPSA) is 53.2 Å². The van der Waals surface area contributed by atoms with Crippen molar-refractivity contribution in [3.63, 3.8) is 0 Å². The third-order valence-electron chi connectivity index (χ3n) is 4.67. The van der Waals surface area contributed by atoms with Gasteiger partial charge in [0.15, 0.2) is 0 Å². The Morgan fingerprint density at radius 2 is 1.81 bits per heavy atom. The SMILES string of the molecule is Cc1cc(C)c2[nH]c(=O)c(CCC(=O)N(C)Cc3ccccc3)cc2c1. The number of nitrogens with one attached hydrogen (secondary N) is 1. The minimum absolute atomic E-state index is 0.0359. The van der Waals surface area contributed by atoms with Gasteiger partial charge in [-0.15, -0.1) is 0 Å². The number of amides is 1. The summed E-state index contributed by atoms with van der Waals surface area (Å²) in [6.07, 6.45) is 0.763. The van der Waals surface area contributed by atoms with Gasteiger partial charge < -0.3 is 9.88 Å². The van der Waals surface area contributed by atoms with Crippen LogP contribution in [0.25, 0.3) is 10.9 Å². The summed E-state index contributed by atoms with van der Waals surface area (Å²) in [5, 5.41) is 1.02. The summed E-state index contributed by atoms with van der Waals surface area (Å²) in [7, 11) is 1.80. The molecule has 1 aromatic heterocycles. The maximum atomic E-state index is 12.4. The Bertz CT molecular complexity index is 990. The van der Waals surface area contributed by atoms with E-state index in [2.05, 4.69) is 17.1 Å². The Labute approximate surface area is 153 Å². The predicted octanol–water partition coefficient (Wildman–Crippen LogP) is 3.74. The van der Waals surface area contributed by atoms with Gasteiger partial charge in [0.1, 0.15) is 0 Å². The molecule has 0 atom stereocenters. The zero-order valence-electron chi connectivity index (χ0n) is 15.5. The number of carbonyl (C=O) groups is 1. The van der Waals surface area contributed by atoms with Crippen molar-refractivity contribution >= 4 is 16.8 Å². The second-order valence-corrected chi connectivity index (χ2v) is 6.91. The molecule has 134 valence electrons. The van der Waals surface area contributed by atoms with Crippen molar-refractivity contribution in [3.05, 3.63) is 81.1 Å². The molecule has 0 aliphatic heterocycles. The van der Waals surface area contributed by atoms with Crippen LogP contribution < -0.4 is 5.56 Å². The van der Waals surface area contributed by atoms with Crippen LogP contribution in [0.5, 0.6) is 0 Å². The Morgan fingerprint density at radius 1 is 1.08 bits per heavy atom. The van der Waals surface area contributed by atoms with Crippen LogP contribution in [-0.2, 0) is 17.8 Å². The molecule has 3 rings (SSSR count). The zero-order chi connectivity index (χ0) is 18.7. The normalized spacial score (nSPS) is 10.9. The molecule has 0 saturated carbocycles. The summed E-state index contributed by atoms with van der Waals surface area (Å²) >= 11 is 0. The van der Waals surface area contributed by atoms with E-state index in [9.17, 15) is 9.59 Å². The monoisotopic (exact) mass is 348 g/mol. The van der Waals surface area contributed by atoms with Crippen LogP contribution in [0.2, 0.25) is 0 Å². The minimum atomic E-state index is -0.108. The number of aryl methyl sites for hydroxylation is 3. The first-order chi connectivity index (χ1) is 12.4. The molecule has 26 heavy (non-hydrogen) atoms. The van der Waals surface area contributed by atoms with Gasteiger partial charge in [0, 0.05) is 25.6 Å². The summed E-state index contributed by atoms with van der Waals surface area (Å²) in [6.45, 7) is 4.61. The van der Waals surface area contributed by atoms with Crippen LogP contribution >= 0.6 is 0 Å². The Balaban J connectivity index is 1.72. The summed E-state index contributed by atoms with van der Waals surface area (Å²) < 4.78 is 0. The first kappa shape index (κ1) is 17.9. The second-order valence-electron chi connectivity index (χ2n) is 6.91. The third kappa shape index (κ3) is 4.02. The Hall–Kier alpha value is -2.88. The number of carbonyl (C=O) groups excluding carboxylic acids is 1. The van der Waals surface area contributed by atoms with Crippen LogP contribution in [0.3, 0.4) is 0 Å². The average molecular weight is 348 g/mol. The maximum Gasteiger partial charge on any atom is 0.251 e. The van der Waals surface area contributed by atoms with Crippen LogP contribution in [-0.4, -0.2) is 22.8 Å². The van der Waals surface area contributed by atoms with E-state index in [-0.39, 0.29) is 11.5 Å². The number of rotatable bonds is 5. The van der Waals surface area contributed by atoms with Gasteiger partial charge in [0.2, 0.25) is 5.91 Å². The first-order valence-corrected chi connectivity index (χ1v) is 8.85. The molecule has 1 amide bonds. The molecule has 0 radical (unpaired) electrons. The predicted molar refractivity (Wildman–Crippen MR) is 105 cm³/mol. The highest BCUT2D eigenvalue weighted by Crippen LogP contribution is 2.18. The fourth-order valence-corrected chi connectivity index (χ4v) is 3.30. The quantitative estimate of drug-likeness (QED) is 0.764. The highest BCUT2D eigenvalue weighted by molar-refractivity contribution is 5.83. The van der Waals surface area contributed by atoms with E-state index in [0.29, 0.717) is 24.9 Å². The molecule has 0 unspecified atom stereocenters. The van der Waals surface area contributed by atoms with E-state index in [0.717, 1.165) is 27.6 Å². The van der Waals surface area contributed by atoms with Crippen molar-refractivity contribution in [3.8, 4) is 0 Å². The molecule has 1 heterocycles. The fourth-order valence-electron chi connectivity index (χ4n) is 3.30. The smallest absolute Gasteiger partial charge is 0.251 e. The van der Waals surface area contributed by atoms with E-state index >= 15 is 0 Å². The van der Waals surface area contributed by atoms with E-state index in [1.165, 1.54) is 0 Å².